The number of hydrogen-bond acceptors (Lipinski definition) is 4. The van der Waals surface area contributed by atoms with E-state index in [0.29, 0.717) is 13.2 Å². The molecule has 0 fully saturated rings. The summed E-state index contributed by atoms with van der Waals surface area (Å²) >= 11 is 1.47. The van der Waals surface area contributed by atoms with Crippen LogP contribution in [0.25, 0.3) is 0 Å². The fourth-order valence-corrected chi connectivity index (χ4v) is 2.88. The van der Waals surface area contributed by atoms with Crippen LogP contribution in [0.2, 0.25) is 0 Å². The minimum Gasteiger partial charge on any atom is -0.383 e. The fraction of sp³-hybridized carbons (Fsp3) is 0.353. The average Bonchev–Trinajstić information content (AvgIpc) is 3.08. The van der Waals surface area contributed by atoms with Gasteiger partial charge < -0.3 is 20.5 Å². The lowest BCUT2D eigenvalue weighted by molar-refractivity contribution is 0.0631. The van der Waals surface area contributed by atoms with Gasteiger partial charge in [-0.15, -0.1) is 11.3 Å². The standard InChI is InChI=1S/C17H22N2O3S/c1-17(21,15-4-3-9-23-15)12-19-16(20)18-10-13-5-7-14(8-6-13)11-22-2/h3-9,21H,10-12H2,1-2H3,(H2,18,19,20). The lowest BCUT2D eigenvalue weighted by Crippen LogP contribution is -2.42. The van der Waals surface area contributed by atoms with Crippen molar-refractivity contribution in [3.8, 4) is 0 Å². The number of carbonyl (C=O) groups excluding carboxylic acids is 1. The second-order valence-electron chi connectivity index (χ2n) is 5.54. The van der Waals surface area contributed by atoms with Gasteiger partial charge in [-0.25, -0.2) is 4.79 Å². The molecule has 124 valence electrons. The van der Waals surface area contributed by atoms with Crippen molar-refractivity contribution in [2.75, 3.05) is 13.7 Å². The van der Waals surface area contributed by atoms with Crippen LogP contribution in [-0.2, 0) is 23.5 Å². The molecule has 2 amide bonds. The van der Waals surface area contributed by atoms with Crippen LogP contribution in [0.5, 0.6) is 0 Å². The van der Waals surface area contributed by atoms with Gasteiger partial charge in [-0.05, 0) is 29.5 Å². The molecule has 0 aliphatic carbocycles. The molecule has 0 bridgehead atoms. The van der Waals surface area contributed by atoms with Crippen LogP contribution in [0.1, 0.15) is 22.9 Å². The first-order valence-corrected chi connectivity index (χ1v) is 8.24. The second-order valence-corrected chi connectivity index (χ2v) is 6.48. The van der Waals surface area contributed by atoms with Crippen LogP contribution >= 0.6 is 11.3 Å². The first-order chi connectivity index (χ1) is 11.0. The van der Waals surface area contributed by atoms with Crippen LogP contribution in [0.15, 0.2) is 41.8 Å². The van der Waals surface area contributed by atoms with Crippen LogP contribution in [0, 0.1) is 0 Å². The third-order valence-corrected chi connectivity index (χ3v) is 4.56. The van der Waals surface area contributed by atoms with Crippen LogP contribution in [0.3, 0.4) is 0 Å². The van der Waals surface area contributed by atoms with Crippen molar-refractivity contribution in [2.45, 2.75) is 25.7 Å². The summed E-state index contributed by atoms with van der Waals surface area (Å²) in [6, 6.07) is 11.3. The zero-order chi connectivity index (χ0) is 16.7. The molecule has 0 radical (unpaired) electrons. The summed E-state index contributed by atoms with van der Waals surface area (Å²) in [6.45, 7) is 2.85. The van der Waals surface area contributed by atoms with Crippen molar-refractivity contribution in [1.82, 2.24) is 10.6 Å². The molecule has 0 spiro atoms. The number of carbonyl (C=O) groups is 1. The maximum absolute atomic E-state index is 11.9. The highest BCUT2D eigenvalue weighted by molar-refractivity contribution is 7.10. The predicted molar refractivity (Wildman–Crippen MR) is 91.3 cm³/mol. The van der Waals surface area contributed by atoms with Gasteiger partial charge in [-0.3, -0.25) is 0 Å². The van der Waals surface area contributed by atoms with Gasteiger partial charge in [-0.1, -0.05) is 30.3 Å². The van der Waals surface area contributed by atoms with E-state index in [9.17, 15) is 9.90 Å². The van der Waals surface area contributed by atoms with Crippen molar-refractivity contribution in [2.24, 2.45) is 0 Å². The smallest absolute Gasteiger partial charge is 0.315 e. The van der Waals surface area contributed by atoms with Gasteiger partial charge in [-0.2, -0.15) is 0 Å². The summed E-state index contributed by atoms with van der Waals surface area (Å²) in [5, 5.41) is 17.7. The molecular formula is C17H22N2O3S. The van der Waals surface area contributed by atoms with E-state index in [1.54, 1.807) is 14.0 Å². The highest BCUT2D eigenvalue weighted by atomic mass is 32.1. The molecule has 0 aliphatic rings. The van der Waals surface area contributed by atoms with E-state index in [-0.39, 0.29) is 12.6 Å². The Bertz CT molecular complexity index is 609. The van der Waals surface area contributed by atoms with E-state index >= 15 is 0 Å². The van der Waals surface area contributed by atoms with Crippen molar-refractivity contribution < 1.29 is 14.6 Å². The molecule has 1 unspecified atom stereocenters. The number of hydrogen-bond donors (Lipinski definition) is 3. The molecule has 3 N–H and O–H groups in total. The van der Waals surface area contributed by atoms with Crippen LogP contribution in [0.4, 0.5) is 4.79 Å². The molecule has 0 saturated heterocycles. The zero-order valence-electron chi connectivity index (χ0n) is 13.3. The molecule has 6 heteroatoms. The number of rotatable bonds is 7. The van der Waals surface area contributed by atoms with E-state index in [4.69, 9.17) is 4.74 Å². The number of nitrogens with one attached hydrogen (secondary N) is 2. The van der Waals surface area contributed by atoms with Gasteiger partial charge in [0.2, 0.25) is 0 Å². The van der Waals surface area contributed by atoms with Gasteiger partial charge in [0.15, 0.2) is 0 Å². The summed E-state index contributed by atoms with van der Waals surface area (Å²) in [5.41, 5.74) is 1.03. The Morgan fingerprint density at radius 3 is 2.52 bits per heavy atom. The Balaban J connectivity index is 1.76. The van der Waals surface area contributed by atoms with Crippen LogP contribution in [-0.4, -0.2) is 24.8 Å². The molecule has 2 aromatic rings. The molecule has 1 heterocycles. The van der Waals surface area contributed by atoms with Gasteiger partial charge in [0.25, 0.3) is 0 Å². The van der Waals surface area contributed by atoms with Crippen LogP contribution < -0.4 is 10.6 Å². The minimum atomic E-state index is -1.06. The highest BCUT2D eigenvalue weighted by Crippen LogP contribution is 2.24. The average molecular weight is 334 g/mol. The lowest BCUT2D eigenvalue weighted by atomic mass is 10.1. The third-order valence-electron chi connectivity index (χ3n) is 3.43. The van der Waals surface area contributed by atoms with Crippen molar-refractivity contribution in [3.63, 3.8) is 0 Å². The third kappa shape index (κ3) is 5.35. The predicted octanol–water partition coefficient (Wildman–Crippen LogP) is 2.60. The molecule has 1 aromatic carbocycles. The number of amides is 2. The SMILES string of the molecule is COCc1ccc(CNC(=O)NCC(C)(O)c2cccs2)cc1. The van der Waals surface area contributed by atoms with Gasteiger partial charge in [0.1, 0.15) is 5.60 Å². The maximum Gasteiger partial charge on any atom is 0.315 e. The molecule has 1 aromatic heterocycles. The molecule has 23 heavy (non-hydrogen) atoms. The maximum atomic E-state index is 11.9. The van der Waals surface area contributed by atoms with E-state index in [1.807, 2.05) is 41.8 Å². The Labute approximate surface area is 140 Å². The summed E-state index contributed by atoms with van der Waals surface area (Å²) in [7, 11) is 1.66. The Morgan fingerprint density at radius 1 is 1.22 bits per heavy atom. The molecule has 1 atom stereocenters. The number of ether oxygens (including phenoxy) is 1. The normalized spacial score (nSPS) is 13.3. The summed E-state index contributed by atoms with van der Waals surface area (Å²) in [4.78, 5) is 12.7. The van der Waals surface area contributed by atoms with Crippen molar-refractivity contribution >= 4 is 17.4 Å². The molecule has 2 rings (SSSR count). The van der Waals surface area contributed by atoms with E-state index in [1.165, 1.54) is 11.3 Å². The Morgan fingerprint density at radius 2 is 1.91 bits per heavy atom. The monoisotopic (exact) mass is 334 g/mol. The molecule has 0 saturated carbocycles. The minimum absolute atomic E-state index is 0.159. The molecular weight excluding hydrogens is 312 g/mol. The topological polar surface area (TPSA) is 70.6 Å². The lowest BCUT2D eigenvalue weighted by Gasteiger charge is -2.22. The van der Waals surface area contributed by atoms with Gasteiger partial charge in [0, 0.05) is 18.5 Å². The Hall–Kier alpha value is -1.89. The fourth-order valence-electron chi connectivity index (χ4n) is 2.09. The summed E-state index contributed by atoms with van der Waals surface area (Å²) in [6.07, 6.45) is 0. The second kappa shape index (κ2) is 8.10. The van der Waals surface area contributed by atoms with E-state index < -0.39 is 5.60 Å². The molecule has 0 aliphatic heterocycles. The first-order valence-electron chi connectivity index (χ1n) is 7.36. The van der Waals surface area contributed by atoms with E-state index in [0.717, 1.165) is 16.0 Å². The first kappa shape index (κ1) is 17.5. The van der Waals surface area contributed by atoms with E-state index in [2.05, 4.69) is 10.6 Å². The number of methoxy groups -OCH3 is 1. The number of benzene rings is 1. The number of aliphatic hydroxyl groups is 1. The summed E-state index contributed by atoms with van der Waals surface area (Å²) in [5.74, 6) is 0. The number of thiophene rings is 1. The quantitative estimate of drug-likeness (QED) is 0.729. The highest BCUT2D eigenvalue weighted by Gasteiger charge is 2.24. The molecule has 5 nitrogen and oxygen atoms in total. The van der Waals surface area contributed by atoms with Gasteiger partial charge in [0.05, 0.1) is 13.2 Å². The number of urea groups is 1. The largest absolute Gasteiger partial charge is 0.383 e. The van der Waals surface area contributed by atoms with Crippen molar-refractivity contribution in [3.05, 3.63) is 57.8 Å². The van der Waals surface area contributed by atoms with Crippen molar-refractivity contribution in [1.29, 1.82) is 0 Å². The summed E-state index contributed by atoms with van der Waals surface area (Å²) < 4.78 is 5.06. The zero-order valence-corrected chi connectivity index (χ0v) is 14.2. The Kier molecular flexibility index (Phi) is 6.15. The van der Waals surface area contributed by atoms with Gasteiger partial charge >= 0.3 is 6.03 Å².